The van der Waals surface area contributed by atoms with Crippen molar-refractivity contribution < 1.29 is 29.4 Å². The van der Waals surface area contributed by atoms with E-state index >= 15 is 0 Å². The number of rotatable bonds is 9. The monoisotopic (exact) mass is 452 g/mol. The number of likely N-dealkylation sites (tertiary alicyclic amines) is 1. The van der Waals surface area contributed by atoms with Crippen molar-refractivity contribution in [1.29, 1.82) is 0 Å². The van der Waals surface area contributed by atoms with Gasteiger partial charge in [-0.3, -0.25) is 14.4 Å². The lowest BCUT2D eigenvalue weighted by Gasteiger charge is -2.28. The fourth-order valence-electron chi connectivity index (χ4n) is 3.32. The Morgan fingerprint density at radius 2 is 1.77 bits per heavy atom. The molecule has 1 aromatic rings. The summed E-state index contributed by atoms with van der Waals surface area (Å²) in [5.74, 6) is -2.77. The highest BCUT2D eigenvalue weighted by atomic mass is 32.1. The number of carbonyl (C=O) groups is 4. The molecule has 6 N–H and O–H groups in total. The molecule has 0 aromatic heterocycles. The van der Waals surface area contributed by atoms with Gasteiger partial charge in [-0.25, -0.2) is 4.79 Å². The molecule has 0 bridgehead atoms. The number of carboxylic acid groups (broad SMARTS) is 1. The minimum Gasteiger partial charge on any atom is -0.508 e. The largest absolute Gasteiger partial charge is 0.508 e. The lowest BCUT2D eigenvalue weighted by Crippen LogP contribution is -2.58. The molecule has 4 atom stereocenters. The van der Waals surface area contributed by atoms with E-state index in [0.29, 0.717) is 18.4 Å². The van der Waals surface area contributed by atoms with Gasteiger partial charge in [0.05, 0.1) is 6.04 Å². The van der Waals surface area contributed by atoms with Crippen molar-refractivity contribution in [3.63, 3.8) is 0 Å². The van der Waals surface area contributed by atoms with Crippen LogP contribution in [0.15, 0.2) is 24.3 Å². The molecule has 1 saturated heterocycles. The Morgan fingerprint density at radius 3 is 2.32 bits per heavy atom. The normalized spacial score (nSPS) is 18.7. The molecule has 3 amide bonds. The van der Waals surface area contributed by atoms with Crippen molar-refractivity contribution in [1.82, 2.24) is 15.5 Å². The van der Waals surface area contributed by atoms with E-state index in [1.165, 1.54) is 24.0 Å². The maximum Gasteiger partial charge on any atom is 0.326 e. The number of hydrogen-bond acceptors (Lipinski definition) is 7. The molecular weight excluding hydrogens is 424 g/mol. The number of aliphatic carboxylic acids is 1. The maximum atomic E-state index is 13.2. The first-order chi connectivity index (χ1) is 14.6. The van der Waals surface area contributed by atoms with Crippen LogP contribution in [0.2, 0.25) is 0 Å². The molecule has 2 rings (SSSR count). The summed E-state index contributed by atoms with van der Waals surface area (Å²) in [5, 5.41) is 24.0. The van der Waals surface area contributed by atoms with Crippen LogP contribution < -0.4 is 16.4 Å². The Morgan fingerprint density at radius 1 is 1.16 bits per heavy atom. The summed E-state index contributed by atoms with van der Waals surface area (Å²) >= 11 is 4.09. The number of thiol groups is 1. The minimum atomic E-state index is -1.10. The number of nitrogens with one attached hydrogen (secondary N) is 2. The highest BCUT2D eigenvalue weighted by molar-refractivity contribution is 7.80. The van der Waals surface area contributed by atoms with Gasteiger partial charge in [0.2, 0.25) is 17.7 Å². The summed E-state index contributed by atoms with van der Waals surface area (Å²) in [6, 6.07) is 2.25. The van der Waals surface area contributed by atoms with Crippen molar-refractivity contribution in [2.24, 2.45) is 5.73 Å². The predicted molar refractivity (Wildman–Crippen MR) is 116 cm³/mol. The van der Waals surface area contributed by atoms with Crippen molar-refractivity contribution in [3.05, 3.63) is 29.8 Å². The Labute approximate surface area is 185 Å². The van der Waals surface area contributed by atoms with Crippen LogP contribution in [0.4, 0.5) is 0 Å². The van der Waals surface area contributed by atoms with Gasteiger partial charge in [0, 0.05) is 18.7 Å². The average molecular weight is 453 g/mol. The maximum absolute atomic E-state index is 13.2. The van der Waals surface area contributed by atoms with Crippen LogP contribution in [-0.2, 0) is 25.6 Å². The molecule has 0 radical (unpaired) electrons. The second kappa shape index (κ2) is 11.0. The zero-order chi connectivity index (χ0) is 23.1. The number of aromatic hydroxyl groups is 1. The fourth-order valence-corrected chi connectivity index (χ4v) is 3.58. The molecule has 1 aliphatic heterocycles. The summed E-state index contributed by atoms with van der Waals surface area (Å²) in [7, 11) is 0. The number of carboxylic acids is 1. The standard InChI is InChI=1S/C20H28N4O6S/c1-11(21)17(26)23-15(10-31)18(27)22-14(9-12-4-6-13(25)7-5-12)19(28)24-8-2-3-16(24)20(29)30/h4-7,11,14-16,25,31H,2-3,8-10,21H2,1H3,(H,22,27)(H,23,26)(H,29,30). The van der Waals surface area contributed by atoms with Gasteiger partial charge < -0.3 is 31.5 Å². The molecule has 10 nitrogen and oxygen atoms in total. The van der Waals surface area contributed by atoms with Gasteiger partial charge in [-0.2, -0.15) is 12.6 Å². The van der Waals surface area contributed by atoms with Crippen LogP contribution in [0.1, 0.15) is 25.3 Å². The van der Waals surface area contributed by atoms with Crippen molar-refractivity contribution in [2.45, 2.75) is 50.4 Å². The van der Waals surface area contributed by atoms with Crippen LogP contribution in [0.3, 0.4) is 0 Å². The predicted octanol–water partition coefficient (Wildman–Crippen LogP) is -0.743. The summed E-state index contributed by atoms with van der Waals surface area (Å²) in [6.45, 7) is 1.74. The van der Waals surface area contributed by atoms with E-state index in [4.69, 9.17) is 5.73 Å². The molecule has 0 saturated carbocycles. The van der Waals surface area contributed by atoms with Gasteiger partial charge >= 0.3 is 5.97 Å². The highest BCUT2D eigenvalue weighted by Crippen LogP contribution is 2.20. The Kier molecular flexibility index (Phi) is 8.69. The Bertz CT molecular complexity index is 816. The average Bonchev–Trinajstić information content (AvgIpc) is 3.22. The first kappa shape index (κ1) is 24.5. The molecule has 11 heteroatoms. The summed E-state index contributed by atoms with van der Waals surface area (Å²) in [5.41, 5.74) is 6.18. The van der Waals surface area contributed by atoms with Gasteiger partial charge in [0.25, 0.3) is 0 Å². The molecule has 1 aromatic carbocycles. The van der Waals surface area contributed by atoms with E-state index < -0.39 is 47.9 Å². The van der Waals surface area contributed by atoms with Crippen LogP contribution in [0.25, 0.3) is 0 Å². The summed E-state index contributed by atoms with van der Waals surface area (Å²) in [4.78, 5) is 50.6. The van der Waals surface area contributed by atoms with Crippen molar-refractivity contribution in [2.75, 3.05) is 12.3 Å². The van der Waals surface area contributed by atoms with Crippen LogP contribution in [-0.4, -0.2) is 75.3 Å². The number of nitrogens with zero attached hydrogens (tertiary/aromatic N) is 1. The third kappa shape index (κ3) is 6.59. The number of nitrogens with two attached hydrogens (primary N) is 1. The second-order valence-electron chi connectivity index (χ2n) is 7.49. The van der Waals surface area contributed by atoms with Crippen molar-refractivity contribution in [3.8, 4) is 5.75 Å². The highest BCUT2D eigenvalue weighted by Gasteiger charge is 2.38. The molecule has 1 fully saturated rings. The first-order valence-corrected chi connectivity index (χ1v) is 10.6. The molecule has 0 aliphatic carbocycles. The lowest BCUT2D eigenvalue weighted by molar-refractivity contribution is -0.149. The number of phenolic OH excluding ortho intramolecular Hbond substituents is 1. The number of carbonyl (C=O) groups excluding carboxylic acids is 3. The number of amides is 3. The molecular formula is C20H28N4O6S. The van der Waals surface area contributed by atoms with Crippen LogP contribution in [0.5, 0.6) is 5.75 Å². The van der Waals surface area contributed by atoms with E-state index in [0.717, 1.165) is 0 Å². The summed E-state index contributed by atoms with van der Waals surface area (Å²) in [6.07, 6.45) is 0.963. The Balaban J connectivity index is 2.22. The zero-order valence-corrected chi connectivity index (χ0v) is 18.0. The third-order valence-electron chi connectivity index (χ3n) is 5.04. The van der Waals surface area contributed by atoms with Gasteiger partial charge in [-0.1, -0.05) is 12.1 Å². The fraction of sp³-hybridized carbons (Fsp3) is 0.500. The molecule has 31 heavy (non-hydrogen) atoms. The van der Waals surface area contributed by atoms with Gasteiger partial charge in [0.15, 0.2) is 0 Å². The summed E-state index contributed by atoms with van der Waals surface area (Å²) < 4.78 is 0. The molecule has 170 valence electrons. The van der Waals surface area contributed by atoms with E-state index in [2.05, 4.69) is 23.3 Å². The quantitative estimate of drug-likeness (QED) is 0.269. The van der Waals surface area contributed by atoms with Gasteiger partial charge in [-0.15, -0.1) is 0 Å². The zero-order valence-electron chi connectivity index (χ0n) is 17.2. The number of hydrogen-bond donors (Lipinski definition) is 6. The molecule has 1 heterocycles. The Hall–Kier alpha value is -2.79. The smallest absolute Gasteiger partial charge is 0.326 e. The van der Waals surface area contributed by atoms with E-state index in [9.17, 15) is 29.4 Å². The van der Waals surface area contributed by atoms with E-state index in [1.807, 2.05) is 0 Å². The van der Waals surface area contributed by atoms with Crippen LogP contribution >= 0.6 is 12.6 Å². The number of phenols is 1. The van der Waals surface area contributed by atoms with Gasteiger partial charge in [0.1, 0.15) is 23.9 Å². The first-order valence-electron chi connectivity index (χ1n) is 9.92. The van der Waals surface area contributed by atoms with Crippen molar-refractivity contribution >= 4 is 36.3 Å². The molecule has 0 spiro atoms. The van der Waals surface area contributed by atoms with E-state index in [-0.39, 0.29) is 24.5 Å². The SMILES string of the molecule is CC(N)C(=O)NC(CS)C(=O)NC(Cc1ccc(O)cc1)C(=O)N1CCCC1C(=O)O. The molecule has 1 aliphatic rings. The second-order valence-corrected chi connectivity index (χ2v) is 7.86. The number of benzene rings is 1. The lowest BCUT2D eigenvalue weighted by atomic mass is 10.0. The third-order valence-corrected chi connectivity index (χ3v) is 5.41. The van der Waals surface area contributed by atoms with Crippen LogP contribution in [0, 0.1) is 0 Å². The minimum absolute atomic E-state index is 0.0219. The topological polar surface area (TPSA) is 162 Å². The van der Waals surface area contributed by atoms with Gasteiger partial charge in [-0.05, 0) is 37.5 Å². The molecule has 4 unspecified atom stereocenters. The van der Waals surface area contributed by atoms with E-state index in [1.54, 1.807) is 12.1 Å².